The van der Waals surface area contributed by atoms with Crippen LogP contribution in [0.1, 0.15) is 26.7 Å². The molecule has 0 saturated carbocycles. The van der Waals surface area contributed by atoms with E-state index in [0.717, 1.165) is 11.8 Å². The summed E-state index contributed by atoms with van der Waals surface area (Å²) >= 11 is 0. The van der Waals surface area contributed by atoms with Gasteiger partial charge >= 0.3 is 0 Å². The summed E-state index contributed by atoms with van der Waals surface area (Å²) in [7, 11) is 2.23. The van der Waals surface area contributed by atoms with E-state index >= 15 is 0 Å². The zero-order chi connectivity index (χ0) is 12.3. The second-order valence-corrected chi connectivity index (χ2v) is 6.26. The lowest BCUT2D eigenvalue weighted by Crippen LogP contribution is -2.50. The van der Waals surface area contributed by atoms with Crippen molar-refractivity contribution in [1.82, 2.24) is 14.7 Å². The molecule has 0 aromatic rings. The Hall–Kier alpha value is -0.120. The summed E-state index contributed by atoms with van der Waals surface area (Å²) in [5, 5.41) is 0. The van der Waals surface area contributed by atoms with Crippen LogP contribution in [0.15, 0.2) is 0 Å². The summed E-state index contributed by atoms with van der Waals surface area (Å²) < 4.78 is 0. The summed E-state index contributed by atoms with van der Waals surface area (Å²) in [5.74, 6) is 1.85. The zero-order valence-corrected chi connectivity index (χ0v) is 11.9. The molecule has 3 heteroatoms. The van der Waals surface area contributed by atoms with Gasteiger partial charge in [-0.25, -0.2) is 0 Å². The molecule has 0 aromatic carbocycles. The largest absolute Gasteiger partial charge is 0.304 e. The van der Waals surface area contributed by atoms with E-state index in [2.05, 4.69) is 35.6 Å². The van der Waals surface area contributed by atoms with Gasteiger partial charge < -0.3 is 4.90 Å². The van der Waals surface area contributed by atoms with Crippen LogP contribution >= 0.6 is 0 Å². The van der Waals surface area contributed by atoms with Gasteiger partial charge in [0.15, 0.2) is 0 Å². The van der Waals surface area contributed by atoms with Crippen molar-refractivity contribution in [2.24, 2.45) is 11.8 Å². The highest BCUT2D eigenvalue weighted by Gasteiger charge is 2.23. The van der Waals surface area contributed by atoms with Gasteiger partial charge in [0, 0.05) is 26.2 Å². The van der Waals surface area contributed by atoms with Crippen LogP contribution in [0, 0.1) is 11.8 Å². The molecule has 2 saturated heterocycles. The highest BCUT2D eigenvalue weighted by Crippen LogP contribution is 2.24. The molecule has 2 fully saturated rings. The molecule has 100 valence electrons. The summed E-state index contributed by atoms with van der Waals surface area (Å²) in [4.78, 5) is 7.71. The molecule has 2 heterocycles. The summed E-state index contributed by atoms with van der Waals surface area (Å²) in [5.41, 5.74) is 0. The topological polar surface area (TPSA) is 9.72 Å². The van der Waals surface area contributed by atoms with Crippen molar-refractivity contribution in [1.29, 1.82) is 0 Å². The van der Waals surface area contributed by atoms with E-state index in [1.54, 1.807) is 0 Å². The second-order valence-electron chi connectivity index (χ2n) is 6.26. The predicted molar refractivity (Wildman–Crippen MR) is 73.1 cm³/mol. The number of nitrogens with zero attached hydrogens (tertiary/aromatic N) is 3. The predicted octanol–water partition coefficient (Wildman–Crippen LogP) is 1.56. The Bertz CT molecular complexity index is 214. The zero-order valence-electron chi connectivity index (χ0n) is 11.9. The average Bonchev–Trinajstić information content (AvgIpc) is 2.33. The standard InChI is InChI=1S/C14H29N3/c1-13(2)14-4-6-16(7-5-14)12-17-10-8-15(3)9-11-17/h13-14H,4-12H2,1-3H3. The van der Waals surface area contributed by atoms with Crippen LogP contribution in [-0.4, -0.2) is 67.7 Å². The molecule has 0 aliphatic carbocycles. The normalized spacial score (nSPS) is 26.8. The minimum atomic E-state index is 0.876. The molecule has 2 rings (SSSR count). The number of likely N-dealkylation sites (tertiary alicyclic amines) is 1. The van der Waals surface area contributed by atoms with E-state index < -0.39 is 0 Å². The lowest BCUT2D eigenvalue weighted by Gasteiger charge is -2.39. The first-order chi connectivity index (χ1) is 8.15. The van der Waals surface area contributed by atoms with Crippen molar-refractivity contribution < 1.29 is 0 Å². The van der Waals surface area contributed by atoms with Crippen molar-refractivity contribution in [3.8, 4) is 0 Å². The van der Waals surface area contributed by atoms with Gasteiger partial charge in [0.1, 0.15) is 0 Å². The van der Waals surface area contributed by atoms with E-state index in [4.69, 9.17) is 0 Å². The lowest BCUT2D eigenvalue weighted by molar-refractivity contribution is 0.0572. The molecule has 3 nitrogen and oxygen atoms in total. The Morgan fingerprint density at radius 1 is 0.882 bits per heavy atom. The molecule has 17 heavy (non-hydrogen) atoms. The Kier molecular flexibility index (Phi) is 4.83. The van der Waals surface area contributed by atoms with E-state index in [9.17, 15) is 0 Å². The fourth-order valence-corrected chi connectivity index (χ4v) is 3.03. The highest BCUT2D eigenvalue weighted by molar-refractivity contribution is 4.76. The second kappa shape index (κ2) is 6.17. The maximum absolute atomic E-state index is 2.66. The van der Waals surface area contributed by atoms with Gasteiger partial charge in [0.25, 0.3) is 0 Å². The molecular weight excluding hydrogens is 210 g/mol. The van der Waals surface area contributed by atoms with E-state index in [0.29, 0.717) is 0 Å². The monoisotopic (exact) mass is 239 g/mol. The third-order valence-corrected chi connectivity index (χ3v) is 4.57. The van der Waals surface area contributed by atoms with E-state index in [1.807, 2.05) is 0 Å². The Balaban J connectivity index is 1.67. The Morgan fingerprint density at radius 2 is 1.41 bits per heavy atom. The van der Waals surface area contributed by atoms with Crippen molar-refractivity contribution in [3.63, 3.8) is 0 Å². The van der Waals surface area contributed by atoms with E-state index in [-0.39, 0.29) is 0 Å². The van der Waals surface area contributed by atoms with Crippen LogP contribution in [0.25, 0.3) is 0 Å². The fraction of sp³-hybridized carbons (Fsp3) is 1.00. The molecule has 0 spiro atoms. The first-order valence-electron chi connectivity index (χ1n) is 7.28. The fourth-order valence-electron chi connectivity index (χ4n) is 3.03. The quantitative estimate of drug-likeness (QED) is 0.740. The molecule has 0 unspecified atom stereocenters. The van der Waals surface area contributed by atoms with Gasteiger partial charge in [0.05, 0.1) is 6.67 Å². The molecule has 0 atom stereocenters. The molecule has 0 N–H and O–H groups in total. The smallest absolute Gasteiger partial charge is 0.0507 e. The molecule has 0 amide bonds. The maximum Gasteiger partial charge on any atom is 0.0507 e. The molecule has 0 aromatic heterocycles. The molecule has 0 bridgehead atoms. The molecule has 2 aliphatic heterocycles. The number of likely N-dealkylation sites (N-methyl/N-ethyl adjacent to an activating group) is 1. The maximum atomic E-state index is 2.66. The Morgan fingerprint density at radius 3 is 1.94 bits per heavy atom. The van der Waals surface area contributed by atoms with Gasteiger partial charge in [-0.1, -0.05) is 13.8 Å². The third kappa shape index (κ3) is 3.94. The lowest BCUT2D eigenvalue weighted by atomic mass is 9.87. The van der Waals surface area contributed by atoms with Crippen LogP contribution < -0.4 is 0 Å². The van der Waals surface area contributed by atoms with Crippen molar-refractivity contribution in [2.75, 3.05) is 53.0 Å². The van der Waals surface area contributed by atoms with Crippen LogP contribution in [0.4, 0.5) is 0 Å². The third-order valence-electron chi connectivity index (χ3n) is 4.57. The number of hydrogen-bond acceptors (Lipinski definition) is 3. The minimum absolute atomic E-state index is 0.876. The summed E-state index contributed by atoms with van der Waals surface area (Å²) in [6, 6.07) is 0. The van der Waals surface area contributed by atoms with E-state index in [1.165, 1.54) is 58.8 Å². The summed E-state index contributed by atoms with van der Waals surface area (Å²) in [6.07, 6.45) is 2.82. The highest BCUT2D eigenvalue weighted by atomic mass is 15.3. The molecule has 0 radical (unpaired) electrons. The van der Waals surface area contributed by atoms with Gasteiger partial charge in [-0.2, -0.15) is 0 Å². The molecular formula is C14H29N3. The summed E-state index contributed by atoms with van der Waals surface area (Å²) in [6.45, 7) is 13.6. The number of piperidine rings is 1. The van der Waals surface area contributed by atoms with Crippen LogP contribution in [0.2, 0.25) is 0 Å². The van der Waals surface area contributed by atoms with Crippen molar-refractivity contribution in [3.05, 3.63) is 0 Å². The van der Waals surface area contributed by atoms with Gasteiger partial charge in [-0.3, -0.25) is 9.80 Å². The minimum Gasteiger partial charge on any atom is -0.304 e. The number of rotatable bonds is 3. The first-order valence-corrected chi connectivity index (χ1v) is 7.28. The molecule has 2 aliphatic rings. The Labute approximate surface area is 107 Å². The van der Waals surface area contributed by atoms with Crippen LogP contribution in [-0.2, 0) is 0 Å². The van der Waals surface area contributed by atoms with Crippen LogP contribution in [0.5, 0.6) is 0 Å². The number of piperazine rings is 1. The number of hydrogen-bond donors (Lipinski definition) is 0. The van der Waals surface area contributed by atoms with Crippen LogP contribution in [0.3, 0.4) is 0 Å². The van der Waals surface area contributed by atoms with Crippen molar-refractivity contribution in [2.45, 2.75) is 26.7 Å². The van der Waals surface area contributed by atoms with Gasteiger partial charge in [0.2, 0.25) is 0 Å². The van der Waals surface area contributed by atoms with Crippen molar-refractivity contribution >= 4 is 0 Å². The average molecular weight is 239 g/mol. The SMILES string of the molecule is CC(C)C1CCN(CN2CCN(C)CC2)CC1. The van der Waals surface area contributed by atoms with Gasteiger partial charge in [-0.15, -0.1) is 0 Å². The van der Waals surface area contributed by atoms with Gasteiger partial charge in [-0.05, 0) is 44.8 Å². The first kappa shape index (κ1) is 13.3.